The molecular formula is C32H44O8Si. The van der Waals surface area contributed by atoms with Gasteiger partial charge in [0.1, 0.15) is 36.8 Å². The second-order valence-electron chi connectivity index (χ2n) is 13.7. The highest BCUT2D eigenvalue weighted by Gasteiger charge is 2.82. The Bertz CT molecular complexity index is 1190. The molecule has 3 aliphatic heterocycles. The Morgan fingerprint density at radius 2 is 1.44 bits per heavy atom. The van der Waals surface area contributed by atoms with Crippen LogP contribution in [0.1, 0.15) is 48.5 Å². The van der Waals surface area contributed by atoms with Crippen LogP contribution in [0.15, 0.2) is 60.7 Å². The lowest BCUT2D eigenvalue weighted by Gasteiger charge is -2.48. The molecule has 4 aliphatic rings. The summed E-state index contributed by atoms with van der Waals surface area (Å²) >= 11 is 0. The smallest absolute Gasteiger partial charge is 0.261 e. The first-order valence-corrected chi connectivity index (χ1v) is 16.4. The van der Waals surface area contributed by atoms with E-state index < -0.39 is 43.3 Å². The second-order valence-corrected chi connectivity index (χ2v) is 18.0. The average molecular weight is 585 g/mol. The molecule has 1 saturated carbocycles. The SMILES string of the molecule is COCO[C@@H]1[C@]2(CO[Si](c3ccccc3)(c3ccccc3)C(C)(C)C)O[C@@H]2[C@@H]2OC(C)(C)O[C@@H]2[C@]12COC(C)(C)O2. The molecule has 0 unspecified atom stereocenters. The van der Waals surface area contributed by atoms with Gasteiger partial charge in [0.15, 0.2) is 17.2 Å². The van der Waals surface area contributed by atoms with E-state index in [-0.39, 0.29) is 37.3 Å². The zero-order valence-electron chi connectivity index (χ0n) is 25.5. The number of epoxide rings is 1. The Morgan fingerprint density at radius 3 is 1.95 bits per heavy atom. The topological polar surface area (TPSA) is 77.1 Å². The lowest BCUT2D eigenvalue weighted by atomic mass is 9.72. The van der Waals surface area contributed by atoms with E-state index in [0.717, 1.165) is 0 Å². The third kappa shape index (κ3) is 4.65. The van der Waals surface area contributed by atoms with Crippen LogP contribution >= 0.6 is 0 Å². The van der Waals surface area contributed by atoms with E-state index in [0.29, 0.717) is 0 Å². The van der Waals surface area contributed by atoms with Crippen LogP contribution in [0.4, 0.5) is 0 Å². The van der Waals surface area contributed by atoms with Gasteiger partial charge in [0.2, 0.25) is 0 Å². The van der Waals surface area contributed by atoms with Crippen LogP contribution in [0.5, 0.6) is 0 Å². The minimum atomic E-state index is -2.87. The van der Waals surface area contributed by atoms with E-state index >= 15 is 0 Å². The van der Waals surface area contributed by atoms with Crippen LogP contribution in [0.25, 0.3) is 0 Å². The molecule has 4 fully saturated rings. The average Bonchev–Trinajstić information content (AvgIpc) is 3.42. The van der Waals surface area contributed by atoms with Crippen LogP contribution in [-0.2, 0) is 37.6 Å². The van der Waals surface area contributed by atoms with E-state index in [1.165, 1.54) is 10.4 Å². The molecule has 0 amide bonds. The largest absolute Gasteiger partial charge is 0.404 e. The lowest BCUT2D eigenvalue weighted by molar-refractivity contribution is -0.262. The van der Waals surface area contributed by atoms with Crippen molar-refractivity contribution in [2.24, 2.45) is 0 Å². The summed E-state index contributed by atoms with van der Waals surface area (Å²) in [4.78, 5) is 0. The van der Waals surface area contributed by atoms with Crippen LogP contribution in [-0.4, -0.2) is 82.6 Å². The van der Waals surface area contributed by atoms with Crippen LogP contribution in [0.3, 0.4) is 0 Å². The third-order valence-electron chi connectivity index (χ3n) is 8.93. The van der Waals surface area contributed by atoms with Crippen molar-refractivity contribution in [1.82, 2.24) is 0 Å². The quantitative estimate of drug-likeness (QED) is 0.264. The number of hydrogen-bond donors (Lipinski definition) is 0. The number of benzene rings is 2. The normalized spacial score (nSPS) is 35.3. The van der Waals surface area contributed by atoms with Crippen molar-refractivity contribution >= 4 is 18.7 Å². The molecule has 2 aromatic carbocycles. The van der Waals surface area contributed by atoms with Gasteiger partial charge >= 0.3 is 0 Å². The van der Waals surface area contributed by atoms with Gasteiger partial charge in [-0.05, 0) is 43.1 Å². The van der Waals surface area contributed by atoms with Crippen molar-refractivity contribution in [3.05, 3.63) is 60.7 Å². The molecule has 1 spiro atoms. The monoisotopic (exact) mass is 584 g/mol. The second kappa shape index (κ2) is 9.94. The molecule has 224 valence electrons. The van der Waals surface area contributed by atoms with Gasteiger partial charge in [-0.15, -0.1) is 0 Å². The van der Waals surface area contributed by atoms with Crippen molar-refractivity contribution in [2.75, 3.05) is 27.1 Å². The van der Waals surface area contributed by atoms with E-state index in [2.05, 4.69) is 69.3 Å². The Hall–Kier alpha value is -1.66. The molecule has 0 N–H and O–H groups in total. The van der Waals surface area contributed by atoms with E-state index in [4.69, 9.17) is 37.6 Å². The molecule has 0 radical (unpaired) electrons. The fourth-order valence-electron chi connectivity index (χ4n) is 7.37. The zero-order valence-corrected chi connectivity index (χ0v) is 26.5. The highest BCUT2D eigenvalue weighted by Crippen LogP contribution is 2.61. The maximum atomic E-state index is 7.42. The van der Waals surface area contributed by atoms with Gasteiger partial charge < -0.3 is 37.6 Å². The number of methoxy groups -OCH3 is 1. The Kier molecular flexibility index (Phi) is 7.13. The molecule has 6 atom stereocenters. The standard InChI is InChI=1S/C32H44O8Si/c1-28(2,3)41(22-15-11-9-12-16-22,23-17-13-10-14-18-23)36-20-31-25(39-31)24-26(38-30(6,7)37-24)32(27(31)34-21-33-8)19-35-29(4,5)40-32/h9-18,24-27H,19-21H2,1-8H3/t24-,25+,26-,27+,31+,32+/m0/s1. The Balaban J connectivity index is 1.45. The molecule has 3 saturated heterocycles. The summed E-state index contributed by atoms with van der Waals surface area (Å²) in [6, 6.07) is 21.2. The van der Waals surface area contributed by atoms with Gasteiger partial charge in [0, 0.05) is 7.11 Å². The summed E-state index contributed by atoms with van der Waals surface area (Å²) in [5.41, 5.74) is -1.83. The van der Waals surface area contributed by atoms with Gasteiger partial charge in [-0.1, -0.05) is 81.4 Å². The minimum absolute atomic E-state index is 0.0644. The van der Waals surface area contributed by atoms with Crippen molar-refractivity contribution in [1.29, 1.82) is 0 Å². The number of hydrogen-bond acceptors (Lipinski definition) is 8. The molecular weight excluding hydrogens is 540 g/mol. The molecule has 1 aliphatic carbocycles. The molecule has 41 heavy (non-hydrogen) atoms. The van der Waals surface area contributed by atoms with E-state index in [1.54, 1.807) is 7.11 Å². The van der Waals surface area contributed by atoms with Crippen molar-refractivity contribution in [2.45, 2.75) is 101 Å². The number of fused-ring (bicyclic) bond motifs is 4. The van der Waals surface area contributed by atoms with Gasteiger partial charge in [-0.25, -0.2) is 0 Å². The predicted octanol–water partition coefficient (Wildman–Crippen LogP) is 3.75. The number of rotatable bonds is 8. The molecule has 6 rings (SSSR count). The summed E-state index contributed by atoms with van der Waals surface area (Å²) in [5.74, 6) is -1.65. The molecule has 0 bridgehead atoms. The molecule has 3 heterocycles. The highest BCUT2D eigenvalue weighted by atomic mass is 28.4. The first-order chi connectivity index (χ1) is 19.3. The predicted molar refractivity (Wildman–Crippen MR) is 156 cm³/mol. The maximum absolute atomic E-state index is 7.42. The first kappa shape index (κ1) is 29.4. The summed E-state index contributed by atoms with van der Waals surface area (Å²) < 4.78 is 52.0. The van der Waals surface area contributed by atoms with Crippen LogP contribution in [0, 0.1) is 0 Å². The highest BCUT2D eigenvalue weighted by molar-refractivity contribution is 6.99. The Labute approximate surface area is 244 Å². The molecule has 2 aromatic rings. The molecule has 0 aromatic heterocycles. The van der Waals surface area contributed by atoms with Crippen molar-refractivity contribution < 1.29 is 37.6 Å². The summed E-state index contributed by atoms with van der Waals surface area (Å²) in [6.45, 7) is 15.1. The first-order valence-electron chi connectivity index (χ1n) is 14.5. The van der Waals surface area contributed by atoms with Crippen molar-refractivity contribution in [3.8, 4) is 0 Å². The summed E-state index contributed by atoms with van der Waals surface area (Å²) in [5, 5.41) is 2.21. The Morgan fingerprint density at radius 1 is 0.829 bits per heavy atom. The van der Waals surface area contributed by atoms with Gasteiger partial charge in [-0.3, -0.25) is 0 Å². The van der Waals surface area contributed by atoms with Crippen LogP contribution < -0.4 is 10.4 Å². The maximum Gasteiger partial charge on any atom is 0.261 e. The molecule has 9 heteroatoms. The third-order valence-corrected chi connectivity index (χ3v) is 13.9. The summed E-state index contributed by atoms with van der Waals surface area (Å²) in [7, 11) is -1.25. The lowest BCUT2D eigenvalue weighted by Crippen LogP contribution is -2.72. The van der Waals surface area contributed by atoms with E-state index in [9.17, 15) is 0 Å². The van der Waals surface area contributed by atoms with Gasteiger partial charge in [0.05, 0.1) is 13.2 Å². The van der Waals surface area contributed by atoms with Gasteiger partial charge in [-0.2, -0.15) is 0 Å². The number of ether oxygens (including phenoxy) is 7. The fraction of sp³-hybridized carbons (Fsp3) is 0.625. The zero-order chi connectivity index (χ0) is 29.3. The minimum Gasteiger partial charge on any atom is -0.404 e. The van der Waals surface area contributed by atoms with Crippen LogP contribution in [0.2, 0.25) is 5.04 Å². The van der Waals surface area contributed by atoms with E-state index in [1.807, 2.05) is 39.8 Å². The van der Waals surface area contributed by atoms with Crippen molar-refractivity contribution in [3.63, 3.8) is 0 Å². The summed E-state index contributed by atoms with van der Waals surface area (Å²) in [6.07, 6.45) is -1.70. The molecule has 8 nitrogen and oxygen atoms in total. The fourth-order valence-corrected chi connectivity index (χ4v) is 12.0. The van der Waals surface area contributed by atoms with Gasteiger partial charge in [0.25, 0.3) is 8.32 Å².